The smallest absolute Gasteiger partial charge is 0.217 e. The lowest BCUT2D eigenvalue weighted by Crippen LogP contribution is -2.78. The molecule has 5 atom stereocenters. The van der Waals surface area contributed by atoms with Crippen molar-refractivity contribution in [2.24, 2.45) is 5.92 Å². The number of hydrogen-bond donors (Lipinski definition) is 3. The van der Waals surface area contributed by atoms with Gasteiger partial charge in [-0.3, -0.25) is 9.69 Å². The lowest BCUT2D eigenvalue weighted by Gasteiger charge is -2.64. The van der Waals surface area contributed by atoms with Crippen molar-refractivity contribution in [1.82, 2.24) is 10.2 Å². The second kappa shape index (κ2) is 5.42. The number of ether oxygens (including phenoxy) is 1. The van der Waals surface area contributed by atoms with Crippen molar-refractivity contribution >= 4 is 5.91 Å². The van der Waals surface area contributed by atoms with E-state index in [0.717, 1.165) is 37.4 Å². The Morgan fingerprint density at radius 3 is 2.89 bits per heavy atom. The van der Waals surface area contributed by atoms with Crippen LogP contribution in [0, 0.1) is 5.92 Å². The van der Waals surface area contributed by atoms with Crippen LogP contribution in [0.3, 0.4) is 0 Å². The van der Waals surface area contributed by atoms with Crippen LogP contribution in [0.5, 0.6) is 11.5 Å². The van der Waals surface area contributed by atoms with E-state index in [4.69, 9.17) is 4.74 Å². The van der Waals surface area contributed by atoms with Crippen molar-refractivity contribution < 1.29 is 19.7 Å². The molecule has 3 fully saturated rings. The average Bonchev–Trinajstić information content (AvgIpc) is 3.38. The summed E-state index contributed by atoms with van der Waals surface area (Å²) in [7, 11) is 0. The number of aliphatic hydroxyl groups is 1. The molecule has 0 aromatic heterocycles. The van der Waals surface area contributed by atoms with Gasteiger partial charge in [-0.25, -0.2) is 0 Å². The van der Waals surface area contributed by atoms with Gasteiger partial charge in [-0.15, -0.1) is 0 Å². The van der Waals surface area contributed by atoms with Crippen LogP contribution in [0.25, 0.3) is 0 Å². The Labute approximate surface area is 164 Å². The molecule has 150 valence electrons. The summed E-state index contributed by atoms with van der Waals surface area (Å²) in [5.74, 6) is 1.38. The second-order valence-corrected chi connectivity index (χ2v) is 9.64. The molecule has 1 aromatic carbocycles. The van der Waals surface area contributed by atoms with Gasteiger partial charge in [0.05, 0.1) is 17.1 Å². The van der Waals surface area contributed by atoms with E-state index in [9.17, 15) is 15.0 Å². The molecule has 2 bridgehead atoms. The first-order valence-corrected chi connectivity index (χ1v) is 10.7. The minimum Gasteiger partial charge on any atom is -0.504 e. The summed E-state index contributed by atoms with van der Waals surface area (Å²) in [5.41, 5.74) is 0.766. The van der Waals surface area contributed by atoms with Crippen molar-refractivity contribution in [2.45, 2.75) is 74.7 Å². The minimum absolute atomic E-state index is 0.0747. The summed E-state index contributed by atoms with van der Waals surface area (Å²) in [6.45, 7) is 3.54. The molecule has 3 N–H and O–H groups in total. The number of piperidine rings is 1. The normalized spacial score (nSPS) is 40.6. The molecule has 2 aliphatic heterocycles. The lowest BCUT2D eigenvalue weighted by molar-refractivity contribution is -0.192. The van der Waals surface area contributed by atoms with E-state index in [2.05, 4.69) is 10.2 Å². The Balaban J connectivity index is 1.52. The Morgan fingerprint density at radius 1 is 1.32 bits per heavy atom. The Bertz CT molecular complexity index is 868. The molecule has 3 aliphatic carbocycles. The summed E-state index contributed by atoms with van der Waals surface area (Å²) in [6.07, 6.45) is 5.22. The molecule has 2 unspecified atom stereocenters. The van der Waals surface area contributed by atoms with E-state index in [-0.39, 0.29) is 29.8 Å². The average molecular weight is 384 g/mol. The summed E-state index contributed by atoms with van der Waals surface area (Å²) >= 11 is 0. The number of phenols is 1. The zero-order valence-corrected chi connectivity index (χ0v) is 16.3. The molecule has 6 rings (SSSR count). The molecule has 2 saturated carbocycles. The monoisotopic (exact) mass is 384 g/mol. The van der Waals surface area contributed by atoms with Gasteiger partial charge in [-0.2, -0.15) is 0 Å². The van der Waals surface area contributed by atoms with E-state index in [1.165, 1.54) is 25.3 Å². The predicted octanol–water partition coefficient (Wildman–Crippen LogP) is 1.46. The van der Waals surface area contributed by atoms with Crippen molar-refractivity contribution in [3.05, 3.63) is 23.3 Å². The zero-order valence-electron chi connectivity index (χ0n) is 16.3. The van der Waals surface area contributed by atoms with E-state index >= 15 is 0 Å². The first-order valence-electron chi connectivity index (χ1n) is 10.7. The number of carbonyl (C=O) groups excluding carboxylic acids is 1. The maximum atomic E-state index is 12.2. The standard InChI is InChI=1S/C22H28N2O4/c1-12(25)23-15-6-7-22(27)17-10-14-4-5-16(26)19-18(14)21(22,20(15)28-19)8-9-24(17)11-13-2-3-13/h4-5,13,15,17,20,26-27H,2-3,6-11H2,1H3,(H,23,25)/t15?,17-,20?,21+,22-/m0/s1. The molecule has 6 heteroatoms. The van der Waals surface area contributed by atoms with Gasteiger partial charge in [-0.1, -0.05) is 6.07 Å². The van der Waals surface area contributed by atoms with Crippen LogP contribution in [0.2, 0.25) is 0 Å². The third-order valence-corrected chi connectivity index (χ3v) is 8.15. The molecule has 5 aliphatic rings. The molecular weight excluding hydrogens is 356 g/mol. The molecular formula is C22H28N2O4. The number of rotatable bonds is 3. The molecule has 2 heterocycles. The topological polar surface area (TPSA) is 82.0 Å². The van der Waals surface area contributed by atoms with E-state index in [0.29, 0.717) is 18.6 Å². The van der Waals surface area contributed by atoms with Crippen molar-refractivity contribution in [1.29, 1.82) is 0 Å². The molecule has 1 saturated heterocycles. The van der Waals surface area contributed by atoms with Crippen LogP contribution in [-0.4, -0.2) is 57.9 Å². The third kappa shape index (κ3) is 1.98. The fraction of sp³-hybridized carbons (Fsp3) is 0.682. The summed E-state index contributed by atoms with van der Waals surface area (Å²) < 4.78 is 6.37. The quantitative estimate of drug-likeness (QED) is 0.735. The number of aromatic hydroxyl groups is 1. The summed E-state index contributed by atoms with van der Waals surface area (Å²) in [6, 6.07) is 3.66. The van der Waals surface area contributed by atoms with Gasteiger partial charge in [0.2, 0.25) is 5.91 Å². The van der Waals surface area contributed by atoms with Gasteiger partial charge in [0.15, 0.2) is 11.5 Å². The highest BCUT2D eigenvalue weighted by atomic mass is 16.5. The number of hydrogen-bond acceptors (Lipinski definition) is 5. The molecule has 6 nitrogen and oxygen atoms in total. The maximum absolute atomic E-state index is 12.2. The van der Waals surface area contributed by atoms with Gasteiger partial charge >= 0.3 is 0 Å². The first-order chi connectivity index (χ1) is 13.4. The van der Waals surface area contributed by atoms with Gasteiger partial charge < -0.3 is 20.3 Å². The van der Waals surface area contributed by atoms with Crippen LogP contribution in [0.1, 0.15) is 50.2 Å². The Morgan fingerprint density at radius 2 is 2.14 bits per heavy atom. The van der Waals surface area contributed by atoms with E-state index in [1.807, 2.05) is 6.07 Å². The second-order valence-electron chi connectivity index (χ2n) is 9.64. The Kier molecular flexibility index (Phi) is 3.31. The lowest BCUT2D eigenvalue weighted by atomic mass is 9.48. The maximum Gasteiger partial charge on any atom is 0.217 e. The number of carbonyl (C=O) groups is 1. The first kappa shape index (κ1) is 17.1. The third-order valence-electron chi connectivity index (χ3n) is 8.15. The number of phenolic OH excluding ortho intramolecular Hbond substituents is 1. The number of benzene rings is 1. The van der Waals surface area contributed by atoms with Gasteiger partial charge in [-0.05, 0) is 62.6 Å². The van der Waals surface area contributed by atoms with Crippen LogP contribution in [-0.2, 0) is 16.6 Å². The minimum atomic E-state index is -0.883. The van der Waals surface area contributed by atoms with Crippen molar-refractivity contribution in [3.63, 3.8) is 0 Å². The molecule has 28 heavy (non-hydrogen) atoms. The molecule has 1 spiro atoms. The highest BCUT2D eigenvalue weighted by molar-refractivity contribution is 5.73. The molecule has 0 radical (unpaired) electrons. The zero-order chi connectivity index (χ0) is 19.3. The number of nitrogens with zero attached hydrogens (tertiary/aromatic N) is 1. The number of nitrogens with one attached hydrogen (secondary N) is 1. The Hall–Kier alpha value is -1.79. The number of amides is 1. The summed E-state index contributed by atoms with van der Waals surface area (Å²) in [4.78, 5) is 14.4. The van der Waals surface area contributed by atoms with E-state index < -0.39 is 11.0 Å². The molecule has 1 aromatic rings. The van der Waals surface area contributed by atoms with Gasteiger partial charge in [0, 0.05) is 25.1 Å². The van der Waals surface area contributed by atoms with E-state index in [1.54, 1.807) is 6.07 Å². The summed E-state index contributed by atoms with van der Waals surface area (Å²) in [5, 5.41) is 25.8. The van der Waals surface area contributed by atoms with Gasteiger partial charge in [0.25, 0.3) is 0 Å². The molecule has 1 amide bonds. The number of likely N-dealkylation sites (tertiary alicyclic amines) is 1. The fourth-order valence-corrected chi connectivity index (χ4v) is 6.89. The highest BCUT2D eigenvalue weighted by Gasteiger charge is 2.73. The van der Waals surface area contributed by atoms with Crippen LogP contribution >= 0.6 is 0 Å². The fourth-order valence-electron chi connectivity index (χ4n) is 6.89. The SMILES string of the molecule is CC(=O)NC1CC[C@]2(O)[C@@H]3Cc4ccc(O)c5c4[C@]2(CCN3CC2CC2)C1O5. The van der Waals surface area contributed by atoms with Gasteiger partial charge in [0.1, 0.15) is 6.10 Å². The van der Waals surface area contributed by atoms with Crippen LogP contribution < -0.4 is 10.1 Å². The van der Waals surface area contributed by atoms with Crippen LogP contribution in [0.15, 0.2) is 12.1 Å². The largest absolute Gasteiger partial charge is 0.504 e. The van der Waals surface area contributed by atoms with Crippen molar-refractivity contribution in [2.75, 3.05) is 13.1 Å². The van der Waals surface area contributed by atoms with Crippen LogP contribution in [0.4, 0.5) is 0 Å². The highest BCUT2D eigenvalue weighted by Crippen LogP contribution is 2.65. The predicted molar refractivity (Wildman–Crippen MR) is 102 cm³/mol. The van der Waals surface area contributed by atoms with Crippen molar-refractivity contribution in [3.8, 4) is 11.5 Å².